The average Bonchev–Trinajstić information content (AvgIpc) is 2.01. The van der Waals surface area contributed by atoms with Crippen molar-refractivity contribution < 1.29 is 24.3 Å². The van der Waals surface area contributed by atoms with Gasteiger partial charge in [-0.05, 0) is 25.3 Å². The molecule has 0 saturated carbocycles. The second-order valence-corrected chi connectivity index (χ2v) is 5.21. The van der Waals surface area contributed by atoms with Gasteiger partial charge in [0.15, 0.2) is 0 Å². The Bertz CT molecular complexity index is 263. The fourth-order valence-corrected chi connectivity index (χ4v) is 2.75. The van der Waals surface area contributed by atoms with Crippen molar-refractivity contribution in [1.29, 1.82) is 0 Å². The van der Waals surface area contributed by atoms with Gasteiger partial charge in [-0.15, -0.1) is 0 Å². The maximum atomic E-state index is 10.7. The zero-order chi connectivity index (χ0) is 10.8. The molecule has 7 heteroatoms. The Morgan fingerprint density at radius 1 is 1.50 bits per heavy atom. The first-order chi connectivity index (χ1) is 6.40. The topological polar surface area (TPSA) is 107 Å². The van der Waals surface area contributed by atoms with Gasteiger partial charge >= 0.3 is 13.6 Å². The van der Waals surface area contributed by atoms with Gasteiger partial charge in [0.05, 0.1) is 6.16 Å². The Morgan fingerprint density at radius 2 is 2.14 bits per heavy atom. The first-order valence-electron chi connectivity index (χ1n) is 4.41. The fourth-order valence-electron chi connectivity index (χ4n) is 1.75. The van der Waals surface area contributed by atoms with Crippen LogP contribution in [0.2, 0.25) is 0 Å². The van der Waals surface area contributed by atoms with Gasteiger partial charge in [-0.25, -0.2) is 0 Å². The molecular formula is C7H14NO5P. The van der Waals surface area contributed by atoms with Crippen LogP contribution in [0.15, 0.2) is 0 Å². The van der Waals surface area contributed by atoms with Crippen LogP contribution in [0.25, 0.3) is 0 Å². The third kappa shape index (κ3) is 3.38. The molecule has 1 fully saturated rings. The van der Waals surface area contributed by atoms with Gasteiger partial charge < -0.3 is 20.2 Å². The molecule has 0 aromatic carbocycles. The predicted molar refractivity (Wildman–Crippen MR) is 49.1 cm³/mol. The largest absolute Gasteiger partial charge is 0.480 e. The van der Waals surface area contributed by atoms with Crippen molar-refractivity contribution in [3.63, 3.8) is 0 Å². The maximum Gasteiger partial charge on any atom is 0.325 e. The zero-order valence-electron chi connectivity index (χ0n) is 7.59. The van der Waals surface area contributed by atoms with Crippen molar-refractivity contribution in [3.8, 4) is 0 Å². The predicted octanol–water partition coefficient (Wildman–Crippen LogP) is -0.383. The number of hydrogen-bond acceptors (Lipinski definition) is 3. The summed E-state index contributed by atoms with van der Waals surface area (Å²) in [5, 5.41) is 11.5. The summed E-state index contributed by atoms with van der Waals surface area (Å²) >= 11 is 0. The summed E-state index contributed by atoms with van der Waals surface area (Å²) in [6.45, 7) is 0.592. The smallest absolute Gasteiger partial charge is 0.325 e. The highest BCUT2D eigenvalue weighted by atomic mass is 31.2. The summed E-state index contributed by atoms with van der Waals surface area (Å²) in [6.07, 6.45) is 0.959. The molecule has 4 N–H and O–H groups in total. The summed E-state index contributed by atoms with van der Waals surface area (Å²) in [5.41, 5.74) is 0. The number of carbonyl (C=O) groups is 1. The highest BCUT2D eigenvalue weighted by molar-refractivity contribution is 7.51. The highest BCUT2D eigenvalue weighted by Crippen LogP contribution is 2.39. The van der Waals surface area contributed by atoms with E-state index in [1.165, 1.54) is 0 Å². The van der Waals surface area contributed by atoms with E-state index in [9.17, 15) is 9.36 Å². The number of aliphatic carboxylic acids is 1. The Hall–Kier alpha value is -0.420. The van der Waals surface area contributed by atoms with Gasteiger partial charge in [-0.2, -0.15) is 0 Å². The summed E-state index contributed by atoms with van der Waals surface area (Å²) < 4.78 is 10.7. The molecule has 1 aliphatic rings. The van der Waals surface area contributed by atoms with Crippen LogP contribution in [0.1, 0.15) is 12.8 Å². The van der Waals surface area contributed by atoms with Crippen LogP contribution in [-0.4, -0.2) is 39.6 Å². The van der Waals surface area contributed by atoms with Crippen LogP contribution in [0.3, 0.4) is 0 Å². The van der Waals surface area contributed by atoms with Gasteiger partial charge in [0.1, 0.15) is 6.04 Å². The Kier molecular flexibility index (Phi) is 3.66. The minimum atomic E-state index is -4.11. The lowest BCUT2D eigenvalue weighted by Crippen LogP contribution is -2.48. The molecule has 0 aliphatic carbocycles. The van der Waals surface area contributed by atoms with Crippen molar-refractivity contribution in [1.82, 2.24) is 5.32 Å². The molecule has 0 amide bonds. The number of carboxylic acids is 1. The minimum Gasteiger partial charge on any atom is -0.480 e. The van der Waals surface area contributed by atoms with Gasteiger partial charge in [0.25, 0.3) is 0 Å². The van der Waals surface area contributed by atoms with E-state index in [0.717, 1.165) is 6.42 Å². The molecule has 1 heterocycles. The molecule has 0 aromatic rings. The summed E-state index contributed by atoms with van der Waals surface area (Å²) in [4.78, 5) is 28.3. The third-order valence-corrected chi connectivity index (χ3v) is 3.27. The quantitative estimate of drug-likeness (QED) is 0.486. The molecule has 0 spiro atoms. The van der Waals surface area contributed by atoms with Crippen LogP contribution in [0.5, 0.6) is 0 Å². The Labute approximate surface area is 81.5 Å². The Balaban J connectivity index is 2.63. The van der Waals surface area contributed by atoms with E-state index in [1.54, 1.807) is 0 Å². The average molecular weight is 223 g/mol. The SMILES string of the molecule is O=C(O)[C@@H]1NCCC[C@H]1CP(=O)(O)O. The number of carboxylic acid groups (broad SMARTS) is 1. The summed E-state index contributed by atoms with van der Waals surface area (Å²) in [6, 6.07) is -0.823. The van der Waals surface area contributed by atoms with Crippen LogP contribution < -0.4 is 5.32 Å². The van der Waals surface area contributed by atoms with E-state index >= 15 is 0 Å². The van der Waals surface area contributed by atoms with Gasteiger partial charge in [-0.1, -0.05) is 0 Å². The summed E-state index contributed by atoms with van der Waals surface area (Å²) in [7, 11) is -4.11. The van der Waals surface area contributed by atoms with E-state index in [1.807, 2.05) is 0 Å². The summed E-state index contributed by atoms with van der Waals surface area (Å²) in [5.74, 6) is -1.51. The van der Waals surface area contributed by atoms with Crippen molar-refractivity contribution in [2.45, 2.75) is 18.9 Å². The van der Waals surface area contributed by atoms with Crippen molar-refractivity contribution in [3.05, 3.63) is 0 Å². The molecule has 1 aliphatic heterocycles. The minimum absolute atomic E-state index is 0.350. The van der Waals surface area contributed by atoms with E-state index in [-0.39, 0.29) is 6.16 Å². The molecule has 1 rings (SSSR count). The van der Waals surface area contributed by atoms with Crippen molar-refractivity contribution in [2.24, 2.45) is 5.92 Å². The molecule has 14 heavy (non-hydrogen) atoms. The number of piperidine rings is 1. The standard InChI is InChI=1S/C7H14NO5P/c9-7(10)6-5(2-1-3-8-6)4-14(11,12)13/h5-6,8H,1-4H2,(H,9,10)(H2,11,12,13)/t5-,6+/m0/s1. The number of rotatable bonds is 3. The molecular weight excluding hydrogens is 209 g/mol. The van der Waals surface area contributed by atoms with Crippen LogP contribution in [0.4, 0.5) is 0 Å². The first-order valence-corrected chi connectivity index (χ1v) is 6.20. The second kappa shape index (κ2) is 4.40. The monoisotopic (exact) mass is 223 g/mol. The van der Waals surface area contributed by atoms with E-state index in [0.29, 0.717) is 13.0 Å². The van der Waals surface area contributed by atoms with E-state index in [4.69, 9.17) is 14.9 Å². The first kappa shape index (κ1) is 11.7. The lowest BCUT2D eigenvalue weighted by atomic mass is 9.93. The van der Waals surface area contributed by atoms with Crippen molar-refractivity contribution >= 4 is 13.6 Å². The lowest BCUT2D eigenvalue weighted by Gasteiger charge is -2.29. The van der Waals surface area contributed by atoms with Crippen LogP contribution in [0, 0.1) is 5.92 Å². The molecule has 6 nitrogen and oxygen atoms in total. The fraction of sp³-hybridized carbons (Fsp3) is 0.857. The molecule has 0 radical (unpaired) electrons. The number of hydrogen-bond donors (Lipinski definition) is 4. The molecule has 0 unspecified atom stereocenters. The van der Waals surface area contributed by atoms with Gasteiger partial charge in [-0.3, -0.25) is 9.36 Å². The van der Waals surface area contributed by atoms with Crippen molar-refractivity contribution in [2.75, 3.05) is 12.7 Å². The lowest BCUT2D eigenvalue weighted by molar-refractivity contribution is -0.141. The zero-order valence-corrected chi connectivity index (χ0v) is 8.48. The van der Waals surface area contributed by atoms with Crippen LogP contribution >= 0.6 is 7.60 Å². The number of nitrogens with one attached hydrogen (secondary N) is 1. The molecule has 1 saturated heterocycles. The Morgan fingerprint density at radius 3 is 2.64 bits per heavy atom. The van der Waals surface area contributed by atoms with Crippen LogP contribution in [-0.2, 0) is 9.36 Å². The molecule has 0 aromatic heterocycles. The third-order valence-electron chi connectivity index (χ3n) is 2.33. The second-order valence-electron chi connectivity index (χ2n) is 3.52. The molecule has 82 valence electrons. The van der Waals surface area contributed by atoms with E-state index < -0.39 is 25.5 Å². The van der Waals surface area contributed by atoms with Gasteiger partial charge in [0, 0.05) is 0 Å². The normalized spacial score (nSPS) is 28.7. The van der Waals surface area contributed by atoms with Gasteiger partial charge in [0.2, 0.25) is 0 Å². The van der Waals surface area contributed by atoms with E-state index in [2.05, 4.69) is 5.32 Å². The highest BCUT2D eigenvalue weighted by Gasteiger charge is 2.34. The maximum absolute atomic E-state index is 10.7. The molecule has 2 atom stereocenters. The molecule has 0 bridgehead atoms.